The molecule has 1 aromatic carbocycles. The van der Waals surface area contributed by atoms with Gasteiger partial charge in [0.05, 0.1) is 0 Å². The molecule has 0 bridgehead atoms. The van der Waals surface area contributed by atoms with Crippen molar-refractivity contribution in [2.24, 2.45) is 0 Å². The van der Waals surface area contributed by atoms with E-state index in [2.05, 4.69) is 4.98 Å². The normalized spacial score (nSPS) is 12.7. The van der Waals surface area contributed by atoms with Crippen LogP contribution in [0.3, 0.4) is 0 Å². The third-order valence-corrected chi connectivity index (χ3v) is 2.96. The number of aromatic nitrogens is 1. The molecule has 0 saturated carbocycles. The number of carbonyl (C=O) groups excluding carboxylic acids is 1. The van der Waals surface area contributed by atoms with E-state index in [4.69, 9.17) is 9.52 Å². The molecule has 6 nitrogen and oxygen atoms in total. The highest BCUT2D eigenvalue weighted by Gasteiger charge is 2.19. The lowest BCUT2D eigenvalue weighted by Crippen LogP contribution is -2.39. The molecule has 0 saturated heterocycles. The quantitative estimate of drug-likeness (QED) is 0.859. The number of fused-ring (bicyclic) bond motifs is 1. The van der Waals surface area contributed by atoms with Crippen LogP contribution in [-0.2, 0) is 9.59 Å². The van der Waals surface area contributed by atoms with Crippen LogP contribution in [0.25, 0.3) is 17.2 Å². The second-order valence-electron chi connectivity index (χ2n) is 4.32. The van der Waals surface area contributed by atoms with Crippen LogP contribution in [0, 0.1) is 0 Å². The Morgan fingerprint density at radius 3 is 2.75 bits per heavy atom. The first-order valence-electron chi connectivity index (χ1n) is 6.02. The summed E-state index contributed by atoms with van der Waals surface area (Å²) in [6.07, 6.45) is 2.66. The summed E-state index contributed by atoms with van der Waals surface area (Å²) in [7, 11) is 1.43. The molecule has 0 aliphatic carbocycles. The fourth-order valence-corrected chi connectivity index (χ4v) is 1.58. The zero-order chi connectivity index (χ0) is 14.7. The van der Waals surface area contributed by atoms with E-state index in [9.17, 15) is 9.59 Å². The molecule has 0 aliphatic heterocycles. The number of carboxylic acids is 1. The van der Waals surface area contributed by atoms with E-state index in [1.165, 1.54) is 26.1 Å². The van der Waals surface area contributed by atoms with Crippen LogP contribution in [0.15, 0.2) is 34.8 Å². The lowest BCUT2D eigenvalue weighted by molar-refractivity contribution is -0.146. The second kappa shape index (κ2) is 5.56. The highest BCUT2D eigenvalue weighted by atomic mass is 16.4. The van der Waals surface area contributed by atoms with E-state index >= 15 is 0 Å². The van der Waals surface area contributed by atoms with Crippen LogP contribution < -0.4 is 0 Å². The molecule has 1 atom stereocenters. The van der Waals surface area contributed by atoms with Crippen molar-refractivity contribution in [3.63, 3.8) is 0 Å². The standard InChI is InChI=1S/C14H14N2O4/c1-9(14(18)19)16(2)13(17)8-7-12-15-10-5-3-4-6-11(10)20-12/h3-9H,1-2H3,(H,18,19). The van der Waals surface area contributed by atoms with Gasteiger partial charge in [0.15, 0.2) is 5.58 Å². The van der Waals surface area contributed by atoms with Gasteiger partial charge in [-0.3, -0.25) is 4.79 Å². The number of hydrogen-bond acceptors (Lipinski definition) is 4. The molecule has 20 heavy (non-hydrogen) atoms. The molecule has 2 rings (SSSR count). The van der Waals surface area contributed by atoms with Gasteiger partial charge in [-0.15, -0.1) is 0 Å². The summed E-state index contributed by atoms with van der Waals surface area (Å²) in [5, 5.41) is 8.83. The van der Waals surface area contributed by atoms with Gasteiger partial charge in [0.1, 0.15) is 11.6 Å². The Balaban J connectivity index is 2.12. The van der Waals surface area contributed by atoms with Crippen molar-refractivity contribution in [1.29, 1.82) is 0 Å². The smallest absolute Gasteiger partial charge is 0.326 e. The molecule has 0 fully saturated rings. The van der Waals surface area contributed by atoms with E-state index in [0.717, 1.165) is 4.90 Å². The maximum atomic E-state index is 11.8. The van der Waals surface area contributed by atoms with E-state index in [0.29, 0.717) is 17.0 Å². The van der Waals surface area contributed by atoms with Gasteiger partial charge in [-0.05, 0) is 19.1 Å². The number of oxazole rings is 1. The van der Waals surface area contributed by atoms with E-state index < -0.39 is 17.9 Å². The zero-order valence-electron chi connectivity index (χ0n) is 11.1. The highest BCUT2D eigenvalue weighted by molar-refractivity contribution is 5.93. The molecule has 1 N–H and O–H groups in total. The Morgan fingerprint density at radius 2 is 2.10 bits per heavy atom. The molecule has 1 unspecified atom stereocenters. The maximum absolute atomic E-state index is 11.8. The fourth-order valence-electron chi connectivity index (χ4n) is 1.58. The van der Waals surface area contributed by atoms with Gasteiger partial charge in [0.2, 0.25) is 11.8 Å². The minimum absolute atomic E-state index is 0.302. The Kier molecular flexibility index (Phi) is 3.84. The van der Waals surface area contributed by atoms with Crippen molar-refractivity contribution in [2.45, 2.75) is 13.0 Å². The minimum Gasteiger partial charge on any atom is -0.480 e. The Morgan fingerprint density at radius 1 is 1.40 bits per heavy atom. The summed E-state index contributed by atoms with van der Waals surface area (Å²) in [6.45, 7) is 1.44. The third kappa shape index (κ3) is 2.85. The first-order valence-corrected chi connectivity index (χ1v) is 6.02. The largest absolute Gasteiger partial charge is 0.480 e. The van der Waals surface area contributed by atoms with Crippen LogP contribution >= 0.6 is 0 Å². The molecule has 6 heteroatoms. The lowest BCUT2D eigenvalue weighted by Gasteiger charge is -2.19. The van der Waals surface area contributed by atoms with Crippen molar-refractivity contribution in [3.05, 3.63) is 36.2 Å². The number of rotatable bonds is 4. The number of aliphatic carboxylic acids is 1. The monoisotopic (exact) mass is 274 g/mol. The topological polar surface area (TPSA) is 83.6 Å². The fraction of sp³-hybridized carbons (Fsp3) is 0.214. The van der Waals surface area contributed by atoms with E-state index in [1.807, 2.05) is 12.1 Å². The number of hydrogen-bond donors (Lipinski definition) is 1. The molecule has 104 valence electrons. The summed E-state index contributed by atoms with van der Waals surface area (Å²) in [5.74, 6) is -1.19. The molecule has 0 spiro atoms. The SMILES string of the molecule is CC(C(=O)O)N(C)C(=O)C=Cc1nc2ccccc2o1. The van der Waals surface area contributed by atoms with Crippen LogP contribution in [-0.4, -0.2) is 40.0 Å². The van der Waals surface area contributed by atoms with Crippen LogP contribution in [0.4, 0.5) is 0 Å². The average Bonchev–Trinajstić information content (AvgIpc) is 2.85. The Labute approximate surface area is 115 Å². The predicted molar refractivity (Wildman–Crippen MR) is 72.9 cm³/mol. The number of benzene rings is 1. The zero-order valence-corrected chi connectivity index (χ0v) is 11.1. The van der Waals surface area contributed by atoms with Crippen LogP contribution in [0.2, 0.25) is 0 Å². The Hall–Kier alpha value is -2.63. The first kappa shape index (κ1) is 13.8. The average molecular weight is 274 g/mol. The number of para-hydroxylation sites is 2. The van der Waals surface area contributed by atoms with Gasteiger partial charge in [0, 0.05) is 19.2 Å². The van der Waals surface area contributed by atoms with E-state index in [-0.39, 0.29) is 0 Å². The molecule has 1 aromatic heterocycles. The molecule has 0 radical (unpaired) electrons. The maximum Gasteiger partial charge on any atom is 0.326 e. The van der Waals surface area contributed by atoms with Crippen molar-refractivity contribution in [1.82, 2.24) is 9.88 Å². The summed E-state index contributed by atoms with van der Waals surface area (Å²) >= 11 is 0. The Bertz CT molecular complexity index is 642. The molecule has 2 aromatic rings. The van der Waals surface area contributed by atoms with Crippen molar-refractivity contribution in [2.75, 3.05) is 7.05 Å². The summed E-state index contributed by atoms with van der Waals surface area (Å²) in [6, 6.07) is 6.35. The number of carbonyl (C=O) groups is 2. The molecule has 1 heterocycles. The number of amides is 1. The van der Waals surface area contributed by atoms with Crippen LogP contribution in [0.5, 0.6) is 0 Å². The van der Waals surface area contributed by atoms with Gasteiger partial charge in [-0.25, -0.2) is 9.78 Å². The van der Waals surface area contributed by atoms with E-state index in [1.54, 1.807) is 12.1 Å². The van der Waals surface area contributed by atoms with Gasteiger partial charge < -0.3 is 14.4 Å². The summed E-state index contributed by atoms with van der Waals surface area (Å²) < 4.78 is 5.42. The molecular formula is C14H14N2O4. The van der Waals surface area contributed by atoms with Crippen molar-refractivity contribution < 1.29 is 19.1 Å². The summed E-state index contributed by atoms with van der Waals surface area (Å²) in [4.78, 5) is 27.9. The van der Waals surface area contributed by atoms with Gasteiger partial charge >= 0.3 is 5.97 Å². The van der Waals surface area contributed by atoms with Crippen molar-refractivity contribution in [3.8, 4) is 0 Å². The first-order chi connectivity index (χ1) is 9.49. The lowest BCUT2D eigenvalue weighted by atomic mass is 10.3. The highest BCUT2D eigenvalue weighted by Crippen LogP contribution is 2.15. The minimum atomic E-state index is -1.06. The van der Waals surface area contributed by atoms with Gasteiger partial charge in [-0.2, -0.15) is 0 Å². The number of likely N-dealkylation sites (N-methyl/N-ethyl adjacent to an activating group) is 1. The van der Waals surface area contributed by atoms with Gasteiger partial charge in [-0.1, -0.05) is 12.1 Å². The molecule has 1 amide bonds. The van der Waals surface area contributed by atoms with Gasteiger partial charge in [0.25, 0.3) is 0 Å². The second-order valence-corrected chi connectivity index (χ2v) is 4.32. The predicted octanol–water partition coefficient (Wildman–Crippen LogP) is 1.77. The number of nitrogens with zero attached hydrogens (tertiary/aromatic N) is 2. The summed E-state index contributed by atoms with van der Waals surface area (Å²) in [5.41, 5.74) is 1.33. The molecular weight excluding hydrogens is 260 g/mol. The molecule has 0 aliphatic rings. The number of carboxylic acid groups (broad SMARTS) is 1. The van der Waals surface area contributed by atoms with Crippen molar-refractivity contribution >= 4 is 29.1 Å². The third-order valence-electron chi connectivity index (χ3n) is 2.96. The van der Waals surface area contributed by atoms with Crippen LogP contribution in [0.1, 0.15) is 12.8 Å².